The van der Waals surface area contributed by atoms with E-state index in [2.05, 4.69) is 10.4 Å². The fourth-order valence-corrected chi connectivity index (χ4v) is 2.90. The van der Waals surface area contributed by atoms with Gasteiger partial charge in [-0.3, -0.25) is 9.59 Å². The van der Waals surface area contributed by atoms with E-state index in [0.29, 0.717) is 23.6 Å². The van der Waals surface area contributed by atoms with Gasteiger partial charge in [0, 0.05) is 17.3 Å². The van der Waals surface area contributed by atoms with Crippen LogP contribution in [-0.2, 0) is 4.79 Å². The minimum absolute atomic E-state index is 0.289. The van der Waals surface area contributed by atoms with Gasteiger partial charge in [-0.2, -0.15) is 5.10 Å². The molecule has 6 nitrogen and oxygen atoms in total. The van der Waals surface area contributed by atoms with Gasteiger partial charge in [-0.15, -0.1) is 0 Å². The molecule has 28 heavy (non-hydrogen) atoms. The summed E-state index contributed by atoms with van der Waals surface area (Å²) in [6, 6.07) is 17.3. The van der Waals surface area contributed by atoms with Crippen LogP contribution in [0.2, 0.25) is 0 Å². The van der Waals surface area contributed by atoms with Gasteiger partial charge in [-0.25, -0.2) is 4.68 Å². The smallest absolute Gasteiger partial charge is 0.267 e. The number of aryl methyl sites for hydroxylation is 1. The Labute approximate surface area is 163 Å². The van der Waals surface area contributed by atoms with E-state index in [1.807, 2.05) is 38.1 Å². The molecular weight excluding hydrogens is 354 g/mol. The highest BCUT2D eigenvalue weighted by atomic mass is 16.5. The number of methoxy groups -OCH3 is 1. The van der Waals surface area contributed by atoms with Gasteiger partial charge in [0.15, 0.2) is 0 Å². The number of nitrogens with one attached hydrogen (secondary N) is 1. The highest BCUT2D eigenvalue weighted by Gasteiger charge is 2.21. The number of rotatable bonds is 6. The van der Waals surface area contributed by atoms with Crippen LogP contribution in [0.4, 0.5) is 5.69 Å². The van der Waals surface area contributed by atoms with Gasteiger partial charge in [0.1, 0.15) is 11.8 Å². The third kappa shape index (κ3) is 4.28. The molecule has 0 bridgehead atoms. The minimum atomic E-state index is -0.708. The highest BCUT2D eigenvalue weighted by molar-refractivity contribution is 5.93. The Morgan fingerprint density at radius 3 is 2.36 bits per heavy atom. The summed E-state index contributed by atoms with van der Waals surface area (Å²) in [6.45, 7) is 3.86. The molecule has 1 N–H and O–H groups in total. The zero-order valence-corrected chi connectivity index (χ0v) is 16.2. The lowest BCUT2D eigenvalue weighted by atomic mass is 10.1. The molecule has 0 aliphatic heterocycles. The van der Waals surface area contributed by atoms with Crippen LogP contribution >= 0.6 is 0 Å². The first-order valence-electron chi connectivity index (χ1n) is 9.13. The molecule has 0 saturated heterocycles. The number of carbonyl (C=O) groups excluding carboxylic acids is 1. The summed E-state index contributed by atoms with van der Waals surface area (Å²) in [7, 11) is 1.58. The van der Waals surface area contributed by atoms with E-state index >= 15 is 0 Å². The molecule has 1 heterocycles. The number of benzene rings is 2. The maximum absolute atomic E-state index is 12.8. The Balaban J connectivity index is 1.88. The number of hydrogen-bond acceptors (Lipinski definition) is 4. The first kappa shape index (κ1) is 19.4. The normalized spacial score (nSPS) is 11.7. The van der Waals surface area contributed by atoms with E-state index in [-0.39, 0.29) is 11.5 Å². The standard InChI is InChI=1S/C22H23N3O3/c1-4-20(22(27)23-17-9-11-18(28-3)12-10-17)25-21(26)14-13-19(24-25)16-7-5-15(2)6-8-16/h5-14,20H,4H2,1-3H3,(H,23,27). The molecule has 0 radical (unpaired) electrons. The third-order valence-corrected chi connectivity index (χ3v) is 4.51. The van der Waals surface area contributed by atoms with Crippen molar-refractivity contribution in [3.63, 3.8) is 0 Å². The van der Waals surface area contributed by atoms with Crippen molar-refractivity contribution >= 4 is 11.6 Å². The molecule has 0 saturated carbocycles. The SMILES string of the molecule is CCC(C(=O)Nc1ccc(OC)cc1)n1nc(-c2ccc(C)cc2)ccc1=O. The Morgan fingerprint density at radius 2 is 1.75 bits per heavy atom. The van der Waals surface area contributed by atoms with Crippen LogP contribution in [0, 0.1) is 6.92 Å². The largest absolute Gasteiger partial charge is 0.497 e. The van der Waals surface area contributed by atoms with Gasteiger partial charge < -0.3 is 10.1 Å². The van der Waals surface area contributed by atoms with Gasteiger partial charge in [0.2, 0.25) is 5.91 Å². The van der Waals surface area contributed by atoms with Crippen LogP contribution in [0.15, 0.2) is 65.5 Å². The van der Waals surface area contributed by atoms with Gasteiger partial charge in [0.25, 0.3) is 5.56 Å². The lowest BCUT2D eigenvalue weighted by Crippen LogP contribution is -2.34. The van der Waals surface area contributed by atoms with Crippen molar-refractivity contribution in [1.29, 1.82) is 0 Å². The summed E-state index contributed by atoms with van der Waals surface area (Å²) >= 11 is 0. The molecule has 1 aromatic heterocycles. The van der Waals surface area contributed by atoms with Crippen LogP contribution in [0.3, 0.4) is 0 Å². The van der Waals surface area contributed by atoms with Crippen molar-refractivity contribution < 1.29 is 9.53 Å². The molecule has 0 aliphatic carbocycles. The number of hydrogen-bond donors (Lipinski definition) is 1. The Hall–Kier alpha value is -3.41. The Kier molecular flexibility index (Phi) is 5.89. The molecule has 6 heteroatoms. The van der Waals surface area contributed by atoms with Crippen LogP contribution in [0.25, 0.3) is 11.3 Å². The van der Waals surface area contributed by atoms with Gasteiger partial charge in [0.05, 0.1) is 12.8 Å². The summed E-state index contributed by atoms with van der Waals surface area (Å²) in [4.78, 5) is 25.2. The van der Waals surface area contributed by atoms with Crippen LogP contribution in [-0.4, -0.2) is 22.8 Å². The maximum atomic E-state index is 12.8. The van der Waals surface area contributed by atoms with Gasteiger partial charge in [-0.1, -0.05) is 36.8 Å². The molecule has 0 fully saturated rings. The molecule has 1 atom stereocenters. The Bertz CT molecular complexity index is 1010. The third-order valence-electron chi connectivity index (χ3n) is 4.51. The average molecular weight is 377 g/mol. The molecule has 144 valence electrons. The van der Waals surface area contributed by atoms with E-state index in [1.54, 1.807) is 37.4 Å². The zero-order valence-electron chi connectivity index (χ0n) is 16.2. The predicted molar refractivity (Wildman–Crippen MR) is 110 cm³/mol. The highest BCUT2D eigenvalue weighted by Crippen LogP contribution is 2.20. The Morgan fingerprint density at radius 1 is 1.07 bits per heavy atom. The number of nitrogens with zero attached hydrogens (tertiary/aromatic N) is 2. The lowest BCUT2D eigenvalue weighted by Gasteiger charge is -2.17. The van der Waals surface area contributed by atoms with Crippen molar-refractivity contribution in [1.82, 2.24) is 9.78 Å². The van der Waals surface area contributed by atoms with Crippen molar-refractivity contribution in [3.05, 3.63) is 76.6 Å². The van der Waals surface area contributed by atoms with Crippen LogP contribution in [0.5, 0.6) is 5.75 Å². The summed E-state index contributed by atoms with van der Waals surface area (Å²) in [5, 5.41) is 7.30. The number of ether oxygens (including phenoxy) is 1. The fraction of sp³-hybridized carbons (Fsp3) is 0.227. The summed E-state index contributed by atoms with van der Waals surface area (Å²) in [5.74, 6) is 0.414. The summed E-state index contributed by atoms with van der Waals surface area (Å²) < 4.78 is 6.38. The first-order valence-corrected chi connectivity index (χ1v) is 9.13. The molecular formula is C22H23N3O3. The summed E-state index contributed by atoms with van der Waals surface area (Å²) in [5.41, 5.74) is 3.00. The molecule has 3 aromatic rings. The average Bonchev–Trinajstić information content (AvgIpc) is 2.71. The maximum Gasteiger partial charge on any atom is 0.267 e. The van der Waals surface area contributed by atoms with E-state index in [9.17, 15) is 9.59 Å². The van der Waals surface area contributed by atoms with Crippen molar-refractivity contribution in [2.24, 2.45) is 0 Å². The molecule has 0 aliphatic rings. The number of amides is 1. The molecule has 1 amide bonds. The number of aromatic nitrogens is 2. The van der Waals surface area contributed by atoms with Crippen molar-refractivity contribution in [3.8, 4) is 17.0 Å². The minimum Gasteiger partial charge on any atom is -0.497 e. The van der Waals surface area contributed by atoms with E-state index in [4.69, 9.17) is 4.74 Å². The van der Waals surface area contributed by atoms with Crippen LogP contribution < -0.4 is 15.6 Å². The molecule has 1 unspecified atom stereocenters. The fourth-order valence-electron chi connectivity index (χ4n) is 2.90. The second-order valence-electron chi connectivity index (χ2n) is 6.51. The van der Waals surface area contributed by atoms with Crippen molar-refractivity contribution in [2.45, 2.75) is 26.3 Å². The van der Waals surface area contributed by atoms with E-state index in [0.717, 1.165) is 11.1 Å². The number of carbonyl (C=O) groups is 1. The molecule has 3 rings (SSSR count). The molecule has 2 aromatic carbocycles. The van der Waals surface area contributed by atoms with E-state index < -0.39 is 6.04 Å². The predicted octanol–water partition coefficient (Wildman–Crippen LogP) is 3.82. The zero-order chi connectivity index (χ0) is 20.1. The monoisotopic (exact) mass is 377 g/mol. The first-order chi connectivity index (χ1) is 13.5. The van der Waals surface area contributed by atoms with Crippen LogP contribution in [0.1, 0.15) is 24.9 Å². The van der Waals surface area contributed by atoms with Crippen molar-refractivity contribution in [2.75, 3.05) is 12.4 Å². The lowest BCUT2D eigenvalue weighted by molar-refractivity contribution is -0.119. The quantitative estimate of drug-likeness (QED) is 0.709. The molecule has 0 spiro atoms. The topological polar surface area (TPSA) is 73.2 Å². The van der Waals surface area contributed by atoms with Gasteiger partial charge in [-0.05, 0) is 43.7 Å². The van der Waals surface area contributed by atoms with Gasteiger partial charge >= 0.3 is 0 Å². The van der Waals surface area contributed by atoms with E-state index in [1.165, 1.54) is 10.7 Å². The second-order valence-corrected chi connectivity index (χ2v) is 6.51. The number of anilines is 1. The summed E-state index contributed by atoms with van der Waals surface area (Å²) in [6.07, 6.45) is 0.437. The second kappa shape index (κ2) is 8.52.